The number of thioether (sulfide) groups is 1. The number of benzene rings is 1. The van der Waals surface area contributed by atoms with Gasteiger partial charge in [-0.1, -0.05) is 29.8 Å². The fraction of sp³-hybridized carbons (Fsp3) is 0.500. The largest absolute Gasteiger partial charge is 0.340 e. The van der Waals surface area contributed by atoms with E-state index in [4.69, 9.17) is 4.98 Å². The fourth-order valence-corrected chi connectivity index (χ4v) is 7.06. The number of fused-ring (bicyclic) bond motifs is 3. The summed E-state index contributed by atoms with van der Waals surface area (Å²) in [5, 5.41) is 0.810. The second kappa shape index (κ2) is 10.6. The zero-order chi connectivity index (χ0) is 23.5. The number of piperazine rings is 1. The summed E-state index contributed by atoms with van der Waals surface area (Å²) >= 11 is 3.36. The van der Waals surface area contributed by atoms with Crippen molar-refractivity contribution < 1.29 is 4.79 Å². The molecule has 2 aliphatic rings. The molecule has 1 aliphatic carbocycles. The second-order valence-corrected chi connectivity index (χ2v) is 11.5. The molecule has 34 heavy (non-hydrogen) atoms. The molecular formula is C26H32N4O2S2. The molecular weight excluding hydrogens is 464 g/mol. The minimum Gasteiger partial charge on any atom is -0.340 e. The topological polar surface area (TPSA) is 69.3 Å². The predicted octanol–water partition coefficient (Wildman–Crippen LogP) is 4.14. The number of hydrogen-bond acceptors (Lipinski definition) is 6. The van der Waals surface area contributed by atoms with Crippen LogP contribution in [0.3, 0.4) is 0 Å². The number of aryl methyl sites for hydroxylation is 3. The first-order valence-electron chi connectivity index (χ1n) is 12.2. The zero-order valence-electron chi connectivity index (χ0n) is 19.8. The molecule has 8 heteroatoms. The lowest BCUT2D eigenvalue weighted by Crippen LogP contribution is -2.48. The summed E-state index contributed by atoms with van der Waals surface area (Å²) in [5.41, 5.74) is 3.85. The highest BCUT2D eigenvalue weighted by molar-refractivity contribution is 7.98. The van der Waals surface area contributed by atoms with Crippen LogP contribution < -0.4 is 5.56 Å². The molecule has 1 fully saturated rings. The lowest BCUT2D eigenvalue weighted by atomic mass is 9.97. The van der Waals surface area contributed by atoms with Crippen molar-refractivity contribution in [3.05, 3.63) is 62.0 Å². The molecule has 5 rings (SSSR count). The van der Waals surface area contributed by atoms with E-state index in [2.05, 4.69) is 41.1 Å². The van der Waals surface area contributed by atoms with Gasteiger partial charge in [-0.2, -0.15) is 11.8 Å². The molecule has 0 spiro atoms. The third kappa shape index (κ3) is 5.39. The van der Waals surface area contributed by atoms with Gasteiger partial charge in [0, 0.05) is 49.8 Å². The first-order chi connectivity index (χ1) is 16.6. The van der Waals surface area contributed by atoms with Crippen LogP contribution >= 0.6 is 23.1 Å². The van der Waals surface area contributed by atoms with Gasteiger partial charge in [0.15, 0.2) is 0 Å². The molecule has 1 saturated heterocycles. The molecule has 0 radical (unpaired) electrons. The minimum absolute atomic E-state index is 0.000361. The molecule has 1 aromatic carbocycles. The number of aromatic amines is 1. The number of hydrogen-bond donors (Lipinski definition) is 1. The van der Waals surface area contributed by atoms with Crippen LogP contribution in [-0.2, 0) is 29.9 Å². The highest BCUT2D eigenvalue weighted by Gasteiger charge is 2.22. The normalized spacial score (nSPS) is 16.7. The molecule has 0 atom stereocenters. The molecule has 1 aliphatic heterocycles. The Balaban J connectivity index is 1.07. The Labute approximate surface area is 208 Å². The Morgan fingerprint density at radius 2 is 2.00 bits per heavy atom. The molecule has 0 unspecified atom stereocenters. The summed E-state index contributed by atoms with van der Waals surface area (Å²) in [4.78, 5) is 39.7. The van der Waals surface area contributed by atoms with Gasteiger partial charge in [-0.3, -0.25) is 14.5 Å². The third-order valence-corrected chi connectivity index (χ3v) is 8.94. The summed E-state index contributed by atoms with van der Waals surface area (Å²) in [5.74, 6) is 2.32. The summed E-state index contributed by atoms with van der Waals surface area (Å²) < 4.78 is 0. The number of nitrogens with one attached hydrogen (secondary N) is 1. The van der Waals surface area contributed by atoms with Crippen LogP contribution in [-0.4, -0.2) is 57.6 Å². The van der Waals surface area contributed by atoms with E-state index >= 15 is 0 Å². The van der Waals surface area contributed by atoms with Crippen molar-refractivity contribution in [3.8, 4) is 0 Å². The van der Waals surface area contributed by atoms with Crippen LogP contribution in [0.2, 0.25) is 0 Å². The van der Waals surface area contributed by atoms with E-state index in [9.17, 15) is 9.59 Å². The van der Waals surface area contributed by atoms with Crippen molar-refractivity contribution in [2.75, 3.05) is 31.9 Å². The SMILES string of the molecule is Cc1cccc(CN2CCN(C(=O)CCSCc3nc4sc5c(c4c(=O)[nH]3)CCCC5)CC2)c1. The standard InChI is InChI=1S/C26H32N4O2S2/c1-18-5-4-6-19(15-18)16-29-10-12-30(13-11-29)23(31)9-14-33-17-22-27-25(32)24-20-7-2-3-8-21(20)34-26(24)28-22/h4-6,15H,2-3,7-14,16-17H2,1H3,(H,27,28,32). The van der Waals surface area contributed by atoms with Gasteiger partial charge in [0.2, 0.25) is 5.91 Å². The van der Waals surface area contributed by atoms with E-state index < -0.39 is 0 Å². The van der Waals surface area contributed by atoms with Gasteiger partial charge in [0.05, 0.1) is 11.1 Å². The number of rotatable bonds is 7. The van der Waals surface area contributed by atoms with Crippen LogP contribution in [0, 0.1) is 6.92 Å². The lowest BCUT2D eigenvalue weighted by molar-refractivity contribution is -0.132. The van der Waals surface area contributed by atoms with E-state index in [1.807, 2.05) is 4.90 Å². The molecule has 180 valence electrons. The van der Waals surface area contributed by atoms with Crippen molar-refractivity contribution in [1.29, 1.82) is 0 Å². The number of aromatic nitrogens is 2. The van der Waals surface area contributed by atoms with Crippen molar-refractivity contribution >= 4 is 39.2 Å². The number of H-pyrrole nitrogens is 1. The first kappa shape index (κ1) is 23.6. The van der Waals surface area contributed by atoms with Crippen LogP contribution in [0.1, 0.15) is 46.7 Å². The second-order valence-electron chi connectivity index (χ2n) is 9.35. The molecule has 1 N–H and O–H groups in total. The molecule has 3 heterocycles. The van der Waals surface area contributed by atoms with E-state index in [-0.39, 0.29) is 11.5 Å². The highest BCUT2D eigenvalue weighted by Crippen LogP contribution is 2.33. The molecule has 0 saturated carbocycles. The predicted molar refractivity (Wildman–Crippen MR) is 141 cm³/mol. The fourth-order valence-electron chi connectivity index (χ4n) is 4.99. The summed E-state index contributed by atoms with van der Waals surface area (Å²) in [6.45, 7) is 6.50. The maximum absolute atomic E-state index is 12.7. The van der Waals surface area contributed by atoms with Crippen molar-refractivity contribution in [2.24, 2.45) is 0 Å². The van der Waals surface area contributed by atoms with Crippen LogP contribution in [0.15, 0.2) is 29.1 Å². The third-order valence-electron chi connectivity index (χ3n) is 6.79. The smallest absolute Gasteiger partial charge is 0.259 e. The average Bonchev–Trinajstić information content (AvgIpc) is 3.21. The summed E-state index contributed by atoms with van der Waals surface area (Å²) in [7, 11) is 0. The van der Waals surface area contributed by atoms with E-state index in [1.165, 1.54) is 28.0 Å². The van der Waals surface area contributed by atoms with Crippen LogP contribution in [0.4, 0.5) is 0 Å². The van der Waals surface area contributed by atoms with Crippen LogP contribution in [0.25, 0.3) is 10.2 Å². The quantitative estimate of drug-likeness (QED) is 0.498. The highest BCUT2D eigenvalue weighted by atomic mass is 32.2. The Morgan fingerprint density at radius 3 is 2.82 bits per heavy atom. The number of carbonyl (C=O) groups excluding carboxylic acids is 1. The molecule has 3 aromatic rings. The van der Waals surface area contributed by atoms with Gasteiger partial charge in [-0.25, -0.2) is 4.98 Å². The van der Waals surface area contributed by atoms with Gasteiger partial charge in [0.25, 0.3) is 5.56 Å². The van der Waals surface area contributed by atoms with Crippen molar-refractivity contribution in [2.45, 2.75) is 51.3 Å². The van der Waals surface area contributed by atoms with Crippen molar-refractivity contribution in [1.82, 2.24) is 19.8 Å². The van der Waals surface area contributed by atoms with Gasteiger partial charge in [0.1, 0.15) is 10.7 Å². The monoisotopic (exact) mass is 496 g/mol. The first-order valence-corrected chi connectivity index (χ1v) is 14.2. The van der Waals surface area contributed by atoms with Gasteiger partial charge >= 0.3 is 0 Å². The number of carbonyl (C=O) groups is 1. The molecule has 2 aromatic heterocycles. The molecule has 1 amide bonds. The van der Waals surface area contributed by atoms with E-state index in [0.29, 0.717) is 12.2 Å². The summed E-state index contributed by atoms with van der Waals surface area (Å²) in [6, 6.07) is 8.65. The van der Waals surface area contributed by atoms with Crippen LogP contribution in [0.5, 0.6) is 0 Å². The lowest BCUT2D eigenvalue weighted by Gasteiger charge is -2.34. The zero-order valence-corrected chi connectivity index (χ0v) is 21.4. The Kier molecular flexibility index (Phi) is 7.37. The Bertz CT molecular complexity index is 1230. The Morgan fingerprint density at radius 1 is 1.18 bits per heavy atom. The van der Waals surface area contributed by atoms with Gasteiger partial charge < -0.3 is 9.88 Å². The number of thiophene rings is 1. The Hall–Kier alpha value is -2.16. The van der Waals surface area contributed by atoms with E-state index in [1.54, 1.807) is 23.1 Å². The van der Waals surface area contributed by atoms with Gasteiger partial charge in [-0.15, -0.1) is 11.3 Å². The average molecular weight is 497 g/mol. The molecule has 0 bridgehead atoms. The number of amides is 1. The maximum atomic E-state index is 12.7. The van der Waals surface area contributed by atoms with Crippen molar-refractivity contribution in [3.63, 3.8) is 0 Å². The molecule has 6 nitrogen and oxygen atoms in total. The van der Waals surface area contributed by atoms with Gasteiger partial charge in [-0.05, 0) is 43.7 Å². The number of nitrogens with zero attached hydrogens (tertiary/aromatic N) is 3. The maximum Gasteiger partial charge on any atom is 0.259 e. The summed E-state index contributed by atoms with van der Waals surface area (Å²) in [6.07, 6.45) is 4.96. The minimum atomic E-state index is -0.000361. The van der Waals surface area contributed by atoms with E-state index in [0.717, 1.165) is 73.8 Å².